The SMILES string of the molecule is CC(C)(C)OCC(C(C)(C)C)C12CCCN1C[C@H](F)C2. The van der Waals surface area contributed by atoms with E-state index in [9.17, 15) is 4.39 Å². The van der Waals surface area contributed by atoms with Crippen molar-refractivity contribution in [3.63, 3.8) is 0 Å². The summed E-state index contributed by atoms with van der Waals surface area (Å²) in [6, 6.07) is 0. The zero-order valence-corrected chi connectivity index (χ0v) is 14.1. The lowest BCUT2D eigenvalue weighted by Gasteiger charge is -2.47. The molecule has 0 radical (unpaired) electrons. The molecule has 0 aromatic heterocycles. The quantitative estimate of drug-likeness (QED) is 0.776. The van der Waals surface area contributed by atoms with Gasteiger partial charge in [0.1, 0.15) is 6.17 Å². The van der Waals surface area contributed by atoms with Gasteiger partial charge in [-0.05, 0) is 52.0 Å². The third-order valence-corrected chi connectivity index (χ3v) is 5.04. The highest BCUT2D eigenvalue weighted by Crippen LogP contribution is 2.51. The van der Waals surface area contributed by atoms with Crippen LogP contribution in [0.2, 0.25) is 0 Å². The van der Waals surface area contributed by atoms with E-state index >= 15 is 0 Å². The Kier molecular flexibility index (Phi) is 4.25. The molecule has 2 saturated heterocycles. The summed E-state index contributed by atoms with van der Waals surface area (Å²) in [5.41, 5.74) is 0.0398. The molecule has 0 amide bonds. The highest BCUT2D eigenvalue weighted by Gasteiger charge is 2.56. The van der Waals surface area contributed by atoms with Gasteiger partial charge in [-0.1, -0.05) is 20.8 Å². The van der Waals surface area contributed by atoms with Crippen molar-refractivity contribution in [3.8, 4) is 0 Å². The van der Waals surface area contributed by atoms with Gasteiger partial charge in [0.15, 0.2) is 0 Å². The van der Waals surface area contributed by atoms with E-state index < -0.39 is 6.17 Å². The molecule has 0 bridgehead atoms. The molecule has 2 aliphatic rings. The van der Waals surface area contributed by atoms with E-state index in [0.717, 1.165) is 19.6 Å². The third kappa shape index (κ3) is 3.19. The van der Waals surface area contributed by atoms with Gasteiger partial charge in [-0.25, -0.2) is 4.39 Å². The standard InChI is InChI=1S/C17H32FNO/c1-15(2,3)14(12-20-16(4,5)6)17-8-7-9-19(17)11-13(18)10-17/h13-14H,7-12H2,1-6H3/t13-,14?,17?/m1/s1. The van der Waals surface area contributed by atoms with Crippen molar-refractivity contribution >= 4 is 0 Å². The van der Waals surface area contributed by atoms with Crippen LogP contribution >= 0.6 is 0 Å². The first-order valence-electron chi connectivity index (χ1n) is 8.08. The van der Waals surface area contributed by atoms with E-state index in [1.165, 1.54) is 6.42 Å². The van der Waals surface area contributed by atoms with Crippen LogP contribution in [0.25, 0.3) is 0 Å². The number of fused-ring (bicyclic) bond motifs is 1. The summed E-state index contributed by atoms with van der Waals surface area (Å²) in [5, 5.41) is 0. The Labute approximate surface area is 124 Å². The smallest absolute Gasteiger partial charge is 0.115 e. The summed E-state index contributed by atoms with van der Waals surface area (Å²) < 4.78 is 20.1. The van der Waals surface area contributed by atoms with E-state index in [4.69, 9.17) is 4.74 Å². The highest BCUT2D eigenvalue weighted by atomic mass is 19.1. The Hall–Kier alpha value is -0.150. The molecule has 0 aromatic carbocycles. The number of halogens is 1. The van der Waals surface area contributed by atoms with Gasteiger partial charge < -0.3 is 4.74 Å². The van der Waals surface area contributed by atoms with Crippen molar-refractivity contribution in [2.75, 3.05) is 19.7 Å². The fraction of sp³-hybridized carbons (Fsp3) is 1.00. The Morgan fingerprint density at radius 1 is 1.25 bits per heavy atom. The molecular formula is C17H32FNO. The zero-order valence-electron chi connectivity index (χ0n) is 14.1. The van der Waals surface area contributed by atoms with Crippen LogP contribution in [0, 0.1) is 11.3 Å². The van der Waals surface area contributed by atoms with Gasteiger partial charge in [0, 0.05) is 18.0 Å². The lowest BCUT2D eigenvalue weighted by atomic mass is 9.67. The van der Waals surface area contributed by atoms with Crippen molar-refractivity contribution in [1.29, 1.82) is 0 Å². The van der Waals surface area contributed by atoms with Crippen LogP contribution in [0.5, 0.6) is 0 Å². The first-order chi connectivity index (χ1) is 9.05. The summed E-state index contributed by atoms with van der Waals surface area (Å²) in [6.45, 7) is 15.6. The molecule has 0 saturated carbocycles. The van der Waals surface area contributed by atoms with E-state index in [-0.39, 0.29) is 16.6 Å². The molecule has 118 valence electrons. The molecule has 2 unspecified atom stereocenters. The second-order valence-electron chi connectivity index (χ2n) is 8.80. The zero-order chi connectivity index (χ0) is 15.2. The molecule has 3 atom stereocenters. The van der Waals surface area contributed by atoms with Gasteiger partial charge in [0.2, 0.25) is 0 Å². The molecular weight excluding hydrogens is 253 g/mol. The second kappa shape index (κ2) is 5.24. The highest BCUT2D eigenvalue weighted by molar-refractivity contribution is 5.09. The number of alkyl halides is 1. The second-order valence-corrected chi connectivity index (χ2v) is 8.80. The Morgan fingerprint density at radius 3 is 2.45 bits per heavy atom. The maximum Gasteiger partial charge on any atom is 0.115 e. The van der Waals surface area contributed by atoms with Crippen LogP contribution in [-0.2, 0) is 4.74 Å². The number of rotatable bonds is 3. The molecule has 2 rings (SSSR count). The monoisotopic (exact) mass is 285 g/mol. The fourth-order valence-corrected chi connectivity index (χ4v) is 4.23. The van der Waals surface area contributed by atoms with Crippen molar-refractivity contribution in [1.82, 2.24) is 4.90 Å². The predicted molar refractivity (Wildman–Crippen MR) is 81.7 cm³/mol. The molecule has 2 aliphatic heterocycles. The van der Waals surface area contributed by atoms with Crippen LogP contribution in [0.4, 0.5) is 4.39 Å². The fourth-order valence-electron chi connectivity index (χ4n) is 4.23. The lowest BCUT2D eigenvalue weighted by molar-refractivity contribution is -0.0807. The molecule has 0 spiro atoms. The van der Waals surface area contributed by atoms with Gasteiger partial charge in [0.05, 0.1) is 12.2 Å². The van der Waals surface area contributed by atoms with Crippen LogP contribution in [-0.4, -0.2) is 41.9 Å². The van der Waals surface area contributed by atoms with Gasteiger partial charge in [0.25, 0.3) is 0 Å². The Morgan fingerprint density at radius 2 is 1.90 bits per heavy atom. The maximum atomic E-state index is 14.0. The molecule has 2 nitrogen and oxygen atoms in total. The Balaban J connectivity index is 2.22. The third-order valence-electron chi connectivity index (χ3n) is 5.04. The maximum absolute atomic E-state index is 14.0. The molecule has 2 heterocycles. The van der Waals surface area contributed by atoms with Crippen molar-refractivity contribution in [3.05, 3.63) is 0 Å². The molecule has 20 heavy (non-hydrogen) atoms. The number of hydrogen-bond acceptors (Lipinski definition) is 2. The summed E-state index contributed by atoms with van der Waals surface area (Å²) in [7, 11) is 0. The van der Waals surface area contributed by atoms with Gasteiger partial charge in [-0.3, -0.25) is 4.90 Å². The normalized spacial score (nSPS) is 33.5. The molecule has 2 fully saturated rings. The van der Waals surface area contributed by atoms with E-state index in [1.807, 2.05) is 0 Å². The molecule has 0 N–H and O–H groups in total. The molecule has 0 aliphatic carbocycles. The molecule has 3 heteroatoms. The van der Waals surface area contributed by atoms with E-state index in [1.54, 1.807) is 0 Å². The Bertz CT molecular complexity index is 344. The van der Waals surface area contributed by atoms with Crippen LogP contribution in [0.1, 0.15) is 60.8 Å². The van der Waals surface area contributed by atoms with Crippen molar-refractivity contribution in [2.24, 2.45) is 11.3 Å². The predicted octanol–water partition coefficient (Wildman–Crippen LogP) is 4.04. The average Bonchev–Trinajstić information content (AvgIpc) is 2.69. The van der Waals surface area contributed by atoms with Gasteiger partial charge in [-0.15, -0.1) is 0 Å². The minimum atomic E-state index is -0.658. The lowest BCUT2D eigenvalue weighted by Crippen LogP contribution is -2.52. The minimum Gasteiger partial charge on any atom is -0.375 e. The number of hydrogen-bond donors (Lipinski definition) is 0. The van der Waals surface area contributed by atoms with Crippen LogP contribution in [0.15, 0.2) is 0 Å². The topological polar surface area (TPSA) is 12.5 Å². The first-order valence-corrected chi connectivity index (χ1v) is 8.08. The average molecular weight is 285 g/mol. The van der Waals surface area contributed by atoms with Crippen molar-refractivity contribution in [2.45, 2.75) is 78.1 Å². The van der Waals surface area contributed by atoms with Gasteiger partial charge in [-0.2, -0.15) is 0 Å². The van der Waals surface area contributed by atoms with Crippen LogP contribution < -0.4 is 0 Å². The first kappa shape index (κ1) is 16.2. The van der Waals surface area contributed by atoms with E-state index in [0.29, 0.717) is 18.9 Å². The number of nitrogens with zero attached hydrogens (tertiary/aromatic N) is 1. The van der Waals surface area contributed by atoms with Crippen LogP contribution in [0.3, 0.4) is 0 Å². The van der Waals surface area contributed by atoms with Gasteiger partial charge >= 0.3 is 0 Å². The van der Waals surface area contributed by atoms with Crippen molar-refractivity contribution < 1.29 is 9.13 Å². The summed E-state index contributed by atoms with van der Waals surface area (Å²) in [4.78, 5) is 2.42. The summed E-state index contributed by atoms with van der Waals surface area (Å²) in [6.07, 6.45) is 2.37. The largest absolute Gasteiger partial charge is 0.375 e. The number of ether oxygens (including phenoxy) is 1. The van der Waals surface area contributed by atoms with E-state index in [2.05, 4.69) is 46.4 Å². The molecule has 0 aromatic rings. The summed E-state index contributed by atoms with van der Waals surface area (Å²) in [5.74, 6) is 0.387. The summed E-state index contributed by atoms with van der Waals surface area (Å²) >= 11 is 0. The minimum absolute atomic E-state index is 0.0307.